The largest absolute Gasteiger partial charge is 0.284 e. The van der Waals surface area contributed by atoms with E-state index in [1.807, 2.05) is 0 Å². The molecule has 0 radical (unpaired) electrons. The van der Waals surface area contributed by atoms with E-state index in [-0.39, 0.29) is 11.3 Å². The Morgan fingerprint density at radius 2 is 1.95 bits per heavy atom. The van der Waals surface area contributed by atoms with E-state index in [0.717, 1.165) is 12.1 Å². The minimum atomic E-state index is -0.529. The summed E-state index contributed by atoms with van der Waals surface area (Å²) in [4.78, 5) is 22.0. The molecule has 0 fully saturated rings. The van der Waals surface area contributed by atoms with Gasteiger partial charge in [0.25, 0.3) is 11.6 Å². The molecule has 8 heteroatoms. The normalized spacial score (nSPS) is 10.6. The van der Waals surface area contributed by atoms with Crippen LogP contribution >= 0.6 is 15.9 Å². The summed E-state index contributed by atoms with van der Waals surface area (Å²) in [5.41, 5.74) is 2.86. The number of nitrogens with one attached hydrogen (secondary N) is 1. The van der Waals surface area contributed by atoms with Crippen LogP contribution in [0.25, 0.3) is 0 Å². The van der Waals surface area contributed by atoms with E-state index in [1.165, 1.54) is 30.5 Å². The van der Waals surface area contributed by atoms with E-state index in [9.17, 15) is 19.3 Å². The molecule has 0 heterocycles. The molecule has 2 rings (SSSR count). The van der Waals surface area contributed by atoms with E-state index in [0.29, 0.717) is 10.0 Å². The van der Waals surface area contributed by atoms with E-state index in [2.05, 4.69) is 26.5 Å². The lowest BCUT2D eigenvalue weighted by Gasteiger charge is -2.00. The Morgan fingerprint density at radius 1 is 1.27 bits per heavy atom. The number of halogens is 2. The molecule has 112 valence electrons. The standard InChI is InChI=1S/C14H9BrFN3O3/c15-12-6-1-9(7-13(12)19(21)22)8-17-18-14(20)10-2-4-11(16)5-3-10/h1-8H,(H,18,20)/b17-8+. The number of hydrogen-bond donors (Lipinski definition) is 1. The average Bonchev–Trinajstić information content (AvgIpc) is 2.49. The van der Waals surface area contributed by atoms with E-state index in [4.69, 9.17) is 0 Å². The molecule has 0 atom stereocenters. The zero-order chi connectivity index (χ0) is 16.1. The highest BCUT2D eigenvalue weighted by molar-refractivity contribution is 9.10. The van der Waals surface area contributed by atoms with Gasteiger partial charge in [0, 0.05) is 17.2 Å². The molecular weight excluding hydrogens is 357 g/mol. The fraction of sp³-hybridized carbons (Fsp3) is 0. The third-order valence-corrected chi connectivity index (χ3v) is 3.32. The topological polar surface area (TPSA) is 84.6 Å². The number of carbonyl (C=O) groups excluding carboxylic acids is 1. The number of carbonyl (C=O) groups is 1. The van der Waals surface area contributed by atoms with Gasteiger partial charge in [0.2, 0.25) is 0 Å². The van der Waals surface area contributed by atoms with Crippen molar-refractivity contribution in [2.45, 2.75) is 0 Å². The number of nitrogens with zero attached hydrogens (tertiary/aromatic N) is 2. The Morgan fingerprint density at radius 3 is 2.59 bits per heavy atom. The zero-order valence-corrected chi connectivity index (χ0v) is 12.6. The summed E-state index contributed by atoms with van der Waals surface area (Å²) in [7, 11) is 0. The van der Waals surface area contributed by atoms with Gasteiger partial charge >= 0.3 is 0 Å². The van der Waals surface area contributed by atoms with Gasteiger partial charge in [-0.05, 0) is 46.3 Å². The van der Waals surface area contributed by atoms with E-state index >= 15 is 0 Å². The Labute approximate surface area is 132 Å². The molecule has 0 spiro atoms. The minimum Gasteiger partial charge on any atom is -0.267 e. The van der Waals surface area contributed by atoms with Crippen LogP contribution in [-0.2, 0) is 0 Å². The van der Waals surface area contributed by atoms with Gasteiger partial charge in [-0.15, -0.1) is 0 Å². The van der Waals surface area contributed by atoms with E-state index < -0.39 is 16.6 Å². The molecule has 0 bridgehead atoms. The lowest BCUT2D eigenvalue weighted by molar-refractivity contribution is -0.385. The first-order chi connectivity index (χ1) is 10.5. The first kappa shape index (κ1) is 15.8. The van der Waals surface area contributed by atoms with Crippen LogP contribution in [0.4, 0.5) is 10.1 Å². The Balaban J connectivity index is 2.06. The highest BCUT2D eigenvalue weighted by atomic mass is 79.9. The van der Waals surface area contributed by atoms with Crippen molar-refractivity contribution in [3.05, 3.63) is 74.0 Å². The first-order valence-electron chi connectivity index (χ1n) is 6.00. The highest BCUT2D eigenvalue weighted by Gasteiger charge is 2.11. The molecule has 0 aliphatic rings. The molecule has 0 saturated heterocycles. The summed E-state index contributed by atoms with van der Waals surface area (Å²) in [6.45, 7) is 0. The van der Waals surface area contributed by atoms with Gasteiger partial charge < -0.3 is 0 Å². The molecule has 0 aliphatic carbocycles. The summed E-state index contributed by atoms with van der Waals surface area (Å²) in [5, 5.41) is 14.5. The molecule has 0 aromatic heterocycles. The van der Waals surface area contributed by atoms with Crippen LogP contribution in [0.5, 0.6) is 0 Å². The SMILES string of the molecule is O=C(N/N=C/c1ccc(Br)c([N+](=O)[O-])c1)c1ccc(F)cc1. The van der Waals surface area contributed by atoms with Crippen molar-refractivity contribution in [2.24, 2.45) is 5.10 Å². The Kier molecular flexibility index (Phi) is 4.95. The van der Waals surface area contributed by atoms with Crippen molar-refractivity contribution in [1.82, 2.24) is 5.43 Å². The lowest BCUT2D eigenvalue weighted by Crippen LogP contribution is -2.17. The maximum Gasteiger partial charge on any atom is 0.284 e. The number of nitro groups is 1. The number of hydrazone groups is 1. The van der Waals surface area contributed by atoms with Crippen molar-refractivity contribution in [2.75, 3.05) is 0 Å². The first-order valence-corrected chi connectivity index (χ1v) is 6.79. The summed E-state index contributed by atoms with van der Waals surface area (Å²) in [5.74, 6) is -0.954. The van der Waals surface area contributed by atoms with Crippen LogP contribution in [0, 0.1) is 15.9 Å². The third kappa shape index (κ3) is 3.95. The number of amides is 1. The maximum absolute atomic E-state index is 12.7. The number of rotatable bonds is 4. The molecular formula is C14H9BrFN3O3. The second-order valence-corrected chi connectivity index (χ2v) is 5.03. The molecule has 22 heavy (non-hydrogen) atoms. The second-order valence-electron chi connectivity index (χ2n) is 4.17. The molecule has 0 aliphatic heterocycles. The summed E-state index contributed by atoms with van der Waals surface area (Å²) >= 11 is 3.07. The maximum atomic E-state index is 12.7. The number of nitro benzene ring substituents is 1. The van der Waals surface area contributed by atoms with Gasteiger partial charge in [0.1, 0.15) is 5.82 Å². The van der Waals surface area contributed by atoms with E-state index in [1.54, 1.807) is 6.07 Å². The van der Waals surface area contributed by atoms with Crippen molar-refractivity contribution < 1.29 is 14.1 Å². The van der Waals surface area contributed by atoms with Gasteiger partial charge in [0.05, 0.1) is 15.6 Å². The van der Waals surface area contributed by atoms with Crippen molar-refractivity contribution in [3.8, 4) is 0 Å². The second kappa shape index (κ2) is 6.90. The molecule has 6 nitrogen and oxygen atoms in total. The fourth-order valence-corrected chi connectivity index (χ4v) is 1.97. The number of benzene rings is 2. The van der Waals surface area contributed by atoms with Gasteiger partial charge in [-0.3, -0.25) is 14.9 Å². The van der Waals surface area contributed by atoms with Crippen LogP contribution in [0.3, 0.4) is 0 Å². The molecule has 1 amide bonds. The van der Waals surface area contributed by atoms with Crippen molar-refractivity contribution in [1.29, 1.82) is 0 Å². The van der Waals surface area contributed by atoms with Crippen LogP contribution in [0.15, 0.2) is 52.0 Å². The Bertz CT molecular complexity index is 747. The summed E-state index contributed by atoms with van der Waals surface area (Å²) in [6.07, 6.45) is 1.28. The zero-order valence-electron chi connectivity index (χ0n) is 11.0. The Hall–Kier alpha value is -2.61. The van der Waals surface area contributed by atoms with Gasteiger partial charge in [-0.2, -0.15) is 5.10 Å². The minimum absolute atomic E-state index is 0.103. The van der Waals surface area contributed by atoms with Crippen LogP contribution < -0.4 is 5.43 Å². The summed E-state index contributed by atoms with van der Waals surface area (Å²) < 4.78 is 13.1. The number of hydrogen-bond acceptors (Lipinski definition) is 4. The third-order valence-electron chi connectivity index (χ3n) is 2.65. The lowest BCUT2D eigenvalue weighted by atomic mass is 10.2. The van der Waals surface area contributed by atoms with Gasteiger partial charge in [-0.25, -0.2) is 9.82 Å². The molecule has 2 aromatic carbocycles. The summed E-state index contributed by atoms with van der Waals surface area (Å²) in [6, 6.07) is 9.41. The molecule has 1 N–H and O–H groups in total. The smallest absolute Gasteiger partial charge is 0.267 e. The van der Waals surface area contributed by atoms with Crippen molar-refractivity contribution in [3.63, 3.8) is 0 Å². The van der Waals surface area contributed by atoms with Crippen molar-refractivity contribution >= 4 is 33.7 Å². The predicted molar refractivity (Wildman–Crippen MR) is 82.3 cm³/mol. The van der Waals surface area contributed by atoms with Crippen LogP contribution in [0.1, 0.15) is 15.9 Å². The fourth-order valence-electron chi connectivity index (χ4n) is 1.58. The molecule has 2 aromatic rings. The molecule has 0 saturated carbocycles. The predicted octanol–water partition coefficient (Wildman–Crippen LogP) is 3.26. The van der Waals surface area contributed by atoms with Gasteiger partial charge in [-0.1, -0.05) is 6.07 Å². The monoisotopic (exact) mass is 365 g/mol. The van der Waals surface area contributed by atoms with Crippen LogP contribution in [-0.4, -0.2) is 17.0 Å². The molecule has 0 unspecified atom stereocenters. The highest BCUT2D eigenvalue weighted by Crippen LogP contribution is 2.24. The average molecular weight is 366 g/mol. The van der Waals surface area contributed by atoms with Gasteiger partial charge in [0.15, 0.2) is 0 Å². The quantitative estimate of drug-likeness (QED) is 0.512. The van der Waals surface area contributed by atoms with Crippen LogP contribution in [0.2, 0.25) is 0 Å².